The lowest BCUT2D eigenvalue weighted by Crippen LogP contribution is -2.19. The van der Waals surface area contributed by atoms with Crippen molar-refractivity contribution in [3.8, 4) is 17.4 Å². The van der Waals surface area contributed by atoms with Gasteiger partial charge in [0.2, 0.25) is 0 Å². The van der Waals surface area contributed by atoms with Crippen LogP contribution in [0.5, 0.6) is 0 Å². The van der Waals surface area contributed by atoms with E-state index in [2.05, 4.69) is 16.4 Å². The Morgan fingerprint density at radius 2 is 1.81 bits per heavy atom. The molecule has 1 amide bonds. The number of aliphatic imine (C=N–C) groups is 1. The van der Waals surface area contributed by atoms with Crippen LogP contribution in [0.4, 0.5) is 5.69 Å². The molecule has 0 bridgehead atoms. The number of hydrogen-bond donors (Lipinski definition) is 1. The van der Waals surface area contributed by atoms with Gasteiger partial charge in [0, 0.05) is 11.6 Å². The number of rotatable bonds is 3. The summed E-state index contributed by atoms with van der Waals surface area (Å²) in [4.78, 5) is 17.1. The van der Waals surface area contributed by atoms with Gasteiger partial charge >= 0.3 is 0 Å². The minimum Gasteiger partial charge on any atom is -0.457 e. The van der Waals surface area contributed by atoms with Crippen molar-refractivity contribution >= 4 is 34.6 Å². The van der Waals surface area contributed by atoms with E-state index >= 15 is 0 Å². The first-order chi connectivity index (χ1) is 13.2. The van der Waals surface area contributed by atoms with Gasteiger partial charge in [-0.15, -0.1) is 0 Å². The van der Waals surface area contributed by atoms with Gasteiger partial charge in [-0.05, 0) is 48.2 Å². The predicted molar refractivity (Wildman–Crippen MR) is 106 cm³/mol. The third kappa shape index (κ3) is 3.68. The lowest BCUT2D eigenvalue weighted by Gasteiger charge is -1.98. The number of para-hydroxylation sites is 1. The van der Waals surface area contributed by atoms with Crippen LogP contribution < -0.4 is 5.32 Å². The Bertz CT molecular complexity index is 1110. The van der Waals surface area contributed by atoms with Gasteiger partial charge in [0.25, 0.3) is 5.91 Å². The molecule has 0 atom stereocenters. The zero-order chi connectivity index (χ0) is 18.6. The van der Waals surface area contributed by atoms with Crippen LogP contribution in [0.25, 0.3) is 17.4 Å². The zero-order valence-electron chi connectivity index (χ0n) is 14.0. The molecule has 2 aromatic carbocycles. The van der Waals surface area contributed by atoms with Gasteiger partial charge in [0.05, 0.1) is 22.2 Å². The van der Waals surface area contributed by atoms with Crippen LogP contribution in [0.1, 0.15) is 11.3 Å². The Hall–Kier alpha value is -3.56. The second-order valence-corrected chi connectivity index (χ2v) is 6.71. The fourth-order valence-corrected chi connectivity index (χ4v) is 3.42. The van der Waals surface area contributed by atoms with Gasteiger partial charge in [0.15, 0.2) is 5.17 Å². The lowest BCUT2D eigenvalue weighted by molar-refractivity contribution is -0.115. The van der Waals surface area contributed by atoms with Gasteiger partial charge in [-0.25, -0.2) is 4.99 Å². The van der Waals surface area contributed by atoms with E-state index in [1.165, 1.54) is 11.8 Å². The van der Waals surface area contributed by atoms with E-state index < -0.39 is 0 Å². The Balaban J connectivity index is 1.58. The van der Waals surface area contributed by atoms with E-state index in [1.807, 2.05) is 42.5 Å². The van der Waals surface area contributed by atoms with Crippen LogP contribution >= 0.6 is 11.8 Å². The van der Waals surface area contributed by atoms with Gasteiger partial charge < -0.3 is 9.73 Å². The third-order valence-electron chi connectivity index (χ3n) is 3.85. The molecule has 1 aliphatic heterocycles. The number of amidine groups is 1. The first-order valence-corrected chi connectivity index (χ1v) is 8.98. The summed E-state index contributed by atoms with van der Waals surface area (Å²) >= 11 is 1.26. The molecule has 0 radical (unpaired) electrons. The number of nitrogens with one attached hydrogen (secondary N) is 1. The lowest BCUT2D eigenvalue weighted by atomic mass is 10.1. The number of hydrogen-bond acceptors (Lipinski definition) is 5. The normalized spacial score (nSPS) is 16.5. The molecule has 0 unspecified atom stereocenters. The highest BCUT2D eigenvalue weighted by Crippen LogP contribution is 2.30. The van der Waals surface area contributed by atoms with Gasteiger partial charge in [-0.3, -0.25) is 4.79 Å². The van der Waals surface area contributed by atoms with Crippen molar-refractivity contribution in [1.29, 1.82) is 5.26 Å². The molecular formula is C21H13N3O2S. The zero-order valence-corrected chi connectivity index (χ0v) is 14.9. The first-order valence-electron chi connectivity index (χ1n) is 8.17. The van der Waals surface area contributed by atoms with Crippen molar-refractivity contribution in [3.05, 3.63) is 83.0 Å². The molecular weight excluding hydrogens is 358 g/mol. The molecule has 0 aliphatic carbocycles. The van der Waals surface area contributed by atoms with Crippen LogP contribution in [0.15, 0.2) is 81.0 Å². The maximum atomic E-state index is 12.2. The number of thioether (sulfide) groups is 1. The number of carbonyl (C=O) groups excluding carboxylic acids is 1. The van der Waals surface area contributed by atoms with Crippen LogP contribution in [-0.2, 0) is 4.79 Å². The van der Waals surface area contributed by atoms with E-state index in [1.54, 1.807) is 30.3 Å². The number of furan rings is 1. The smallest absolute Gasteiger partial charge is 0.264 e. The maximum absolute atomic E-state index is 12.2. The average Bonchev–Trinajstić information content (AvgIpc) is 3.29. The number of nitriles is 1. The molecule has 1 N–H and O–H groups in total. The van der Waals surface area contributed by atoms with E-state index in [-0.39, 0.29) is 5.91 Å². The minimum absolute atomic E-state index is 0.218. The van der Waals surface area contributed by atoms with Crippen molar-refractivity contribution in [1.82, 2.24) is 5.32 Å². The van der Waals surface area contributed by atoms with Crippen LogP contribution in [0.2, 0.25) is 0 Å². The second kappa shape index (κ2) is 7.36. The average molecular weight is 371 g/mol. The molecule has 1 aliphatic rings. The predicted octanol–water partition coefficient (Wildman–Crippen LogP) is 4.71. The molecule has 6 heteroatoms. The number of benzene rings is 2. The summed E-state index contributed by atoms with van der Waals surface area (Å²) in [6, 6.07) is 22.4. The first kappa shape index (κ1) is 16.9. The summed E-state index contributed by atoms with van der Waals surface area (Å²) in [6.07, 6.45) is 1.67. The van der Waals surface area contributed by atoms with Crippen molar-refractivity contribution < 1.29 is 9.21 Å². The highest BCUT2D eigenvalue weighted by atomic mass is 32.2. The number of amides is 1. The molecule has 130 valence electrons. The highest BCUT2D eigenvalue weighted by molar-refractivity contribution is 8.18. The quantitative estimate of drug-likeness (QED) is 0.676. The topological polar surface area (TPSA) is 78.4 Å². The Morgan fingerprint density at radius 1 is 1.04 bits per heavy atom. The molecule has 3 aromatic rings. The summed E-state index contributed by atoms with van der Waals surface area (Å²) in [6.45, 7) is 0. The van der Waals surface area contributed by atoms with E-state index in [4.69, 9.17) is 4.42 Å². The minimum atomic E-state index is -0.218. The largest absolute Gasteiger partial charge is 0.457 e. The summed E-state index contributed by atoms with van der Waals surface area (Å²) in [5, 5.41) is 12.5. The van der Waals surface area contributed by atoms with Crippen molar-refractivity contribution in [2.24, 2.45) is 4.99 Å². The van der Waals surface area contributed by atoms with E-state index in [9.17, 15) is 10.1 Å². The van der Waals surface area contributed by atoms with E-state index in [0.29, 0.717) is 27.2 Å². The maximum Gasteiger partial charge on any atom is 0.264 e. The molecule has 1 saturated heterocycles. The molecule has 1 fully saturated rings. The standard InChI is InChI=1S/C21H13N3O2S/c22-13-14-6-4-5-9-17(14)18-11-10-16(26-18)12-19-20(25)24-21(27-19)23-15-7-2-1-3-8-15/h1-12H,(H,23,24,25)/b19-12-. The molecule has 1 aromatic heterocycles. The van der Waals surface area contributed by atoms with Gasteiger partial charge in [0.1, 0.15) is 11.5 Å². The van der Waals surface area contributed by atoms with Crippen molar-refractivity contribution in [2.45, 2.75) is 0 Å². The number of carbonyl (C=O) groups is 1. The summed E-state index contributed by atoms with van der Waals surface area (Å²) < 4.78 is 5.82. The fraction of sp³-hybridized carbons (Fsp3) is 0. The van der Waals surface area contributed by atoms with Gasteiger partial charge in [-0.2, -0.15) is 5.26 Å². The van der Waals surface area contributed by atoms with E-state index in [0.717, 1.165) is 11.3 Å². The molecule has 4 rings (SSSR count). The van der Waals surface area contributed by atoms with Crippen molar-refractivity contribution in [3.63, 3.8) is 0 Å². The monoisotopic (exact) mass is 371 g/mol. The Morgan fingerprint density at radius 3 is 2.63 bits per heavy atom. The van der Waals surface area contributed by atoms with Gasteiger partial charge in [-0.1, -0.05) is 30.3 Å². The number of nitrogens with zero attached hydrogens (tertiary/aromatic N) is 2. The van der Waals surface area contributed by atoms with Crippen LogP contribution in [0.3, 0.4) is 0 Å². The second-order valence-electron chi connectivity index (χ2n) is 5.68. The molecule has 0 spiro atoms. The molecule has 27 heavy (non-hydrogen) atoms. The Kier molecular flexibility index (Phi) is 4.60. The van der Waals surface area contributed by atoms with Crippen molar-refractivity contribution in [2.75, 3.05) is 0 Å². The van der Waals surface area contributed by atoms with Crippen LogP contribution in [-0.4, -0.2) is 11.1 Å². The summed E-state index contributed by atoms with van der Waals surface area (Å²) in [7, 11) is 0. The van der Waals surface area contributed by atoms with Crippen LogP contribution in [0, 0.1) is 11.3 Å². The molecule has 0 saturated carbocycles. The highest BCUT2D eigenvalue weighted by Gasteiger charge is 2.24. The SMILES string of the molecule is N#Cc1ccccc1-c1ccc(/C=C2\SC(=Nc3ccccc3)NC2=O)o1. The summed E-state index contributed by atoms with van der Waals surface area (Å²) in [5.74, 6) is 0.905. The molecule has 5 nitrogen and oxygen atoms in total. The fourth-order valence-electron chi connectivity index (χ4n) is 2.60. The summed E-state index contributed by atoms with van der Waals surface area (Å²) in [5.41, 5.74) is 2.03. The molecule has 2 heterocycles. The Labute approximate surface area is 160 Å². The third-order valence-corrected chi connectivity index (χ3v) is 4.76.